The third-order valence-corrected chi connectivity index (χ3v) is 4.48. The van der Waals surface area contributed by atoms with Crippen molar-refractivity contribution in [3.8, 4) is 0 Å². The third-order valence-electron chi connectivity index (χ3n) is 2.93. The molecule has 0 heterocycles. The highest BCUT2D eigenvalue weighted by Gasteiger charge is 2.11. The van der Waals surface area contributed by atoms with E-state index in [1.807, 2.05) is 25.1 Å². The average Bonchev–Trinajstić information content (AvgIpc) is 2.41. The maximum Gasteiger partial charge on any atom is 0.136 e. The summed E-state index contributed by atoms with van der Waals surface area (Å²) in [6.07, 6.45) is -0.0829. The van der Waals surface area contributed by atoms with E-state index in [9.17, 15) is 9.50 Å². The van der Waals surface area contributed by atoms with Crippen molar-refractivity contribution in [1.29, 1.82) is 0 Å². The van der Waals surface area contributed by atoms with Gasteiger partial charge in [-0.15, -0.1) is 11.8 Å². The minimum Gasteiger partial charge on any atom is -0.392 e. The Morgan fingerprint density at radius 1 is 1.25 bits per heavy atom. The van der Waals surface area contributed by atoms with Crippen molar-refractivity contribution in [2.45, 2.75) is 24.3 Å². The number of rotatable bonds is 5. The topological polar surface area (TPSA) is 20.2 Å². The maximum atomic E-state index is 13.5. The predicted octanol–water partition coefficient (Wildman–Crippen LogP) is 4.48. The van der Waals surface area contributed by atoms with Crippen molar-refractivity contribution in [3.63, 3.8) is 0 Å². The van der Waals surface area contributed by atoms with Crippen LogP contribution in [0.5, 0.6) is 0 Å². The molecule has 106 valence electrons. The van der Waals surface area contributed by atoms with Gasteiger partial charge in [0.15, 0.2) is 0 Å². The number of thioether (sulfide) groups is 1. The lowest BCUT2D eigenvalue weighted by molar-refractivity contribution is 0.200. The second-order valence-corrected chi connectivity index (χ2v) is 6.16. The predicted molar refractivity (Wildman–Crippen MR) is 83.0 cm³/mol. The Bertz CT molecular complexity index is 588. The smallest absolute Gasteiger partial charge is 0.136 e. The molecular formula is C16H16ClFOS. The number of halogens is 2. The summed E-state index contributed by atoms with van der Waals surface area (Å²) < 4.78 is 13.5. The summed E-state index contributed by atoms with van der Waals surface area (Å²) >= 11 is 7.45. The standard InChI is InChI=1S/C16H16ClFOS/c1-11-6-7-12(14(17)8-11)9-13(19)10-20-16-5-3-2-4-15(16)18/h2-8,13,19H,9-10H2,1H3. The molecule has 0 fully saturated rings. The van der Waals surface area contributed by atoms with Gasteiger partial charge in [0.25, 0.3) is 0 Å². The lowest BCUT2D eigenvalue weighted by Gasteiger charge is -2.12. The van der Waals surface area contributed by atoms with Crippen LogP contribution in [0.25, 0.3) is 0 Å². The molecular weight excluding hydrogens is 295 g/mol. The molecule has 2 rings (SSSR count). The second kappa shape index (κ2) is 7.11. The first kappa shape index (κ1) is 15.4. The minimum atomic E-state index is -0.556. The summed E-state index contributed by atoms with van der Waals surface area (Å²) in [4.78, 5) is 0.557. The second-order valence-electron chi connectivity index (χ2n) is 4.69. The lowest BCUT2D eigenvalue weighted by Crippen LogP contribution is -2.14. The van der Waals surface area contributed by atoms with E-state index in [2.05, 4.69) is 0 Å². The van der Waals surface area contributed by atoms with Crippen LogP contribution >= 0.6 is 23.4 Å². The summed E-state index contributed by atoms with van der Waals surface area (Å²) in [5, 5.41) is 10.7. The lowest BCUT2D eigenvalue weighted by atomic mass is 10.1. The van der Waals surface area contributed by atoms with Gasteiger partial charge in [-0.05, 0) is 36.2 Å². The molecule has 0 amide bonds. The molecule has 1 N–H and O–H groups in total. The molecule has 0 saturated carbocycles. The van der Waals surface area contributed by atoms with Gasteiger partial charge in [-0.3, -0.25) is 0 Å². The zero-order valence-corrected chi connectivity index (χ0v) is 12.7. The molecule has 0 aliphatic carbocycles. The molecule has 0 aromatic heterocycles. The average molecular weight is 311 g/mol. The molecule has 2 aromatic rings. The Morgan fingerprint density at radius 3 is 2.70 bits per heavy atom. The van der Waals surface area contributed by atoms with E-state index in [4.69, 9.17) is 11.6 Å². The number of benzene rings is 2. The van der Waals surface area contributed by atoms with Gasteiger partial charge in [0.05, 0.1) is 6.10 Å². The van der Waals surface area contributed by atoms with Crippen molar-refractivity contribution in [1.82, 2.24) is 0 Å². The first-order valence-electron chi connectivity index (χ1n) is 6.36. The summed E-state index contributed by atoms with van der Waals surface area (Å²) in [6, 6.07) is 12.4. The zero-order chi connectivity index (χ0) is 14.5. The van der Waals surface area contributed by atoms with E-state index in [1.165, 1.54) is 17.8 Å². The maximum absolute atomic E-state index is 13.5. The highest BCUT2D eigenvalue weighted by Crippen LogP contribution is 2.24. The monoisotopic (exact) mass is 310 g/mol. The van der Waals surface area contributed by atoms with Crippen LogP contribution in [0.2, 0.25) is 5.02 Å². The molecule has 0 spiro atoms. The molecule has 1 unspecified atom stereocenters. The first-order chi connectivity index (χ1) is 9.56. The van der Waals surface area contributed by atoms with Gasteiger partial charge in [0, 0.05) is 22.1 Å². The van der Waals surface area contributed by atoms with E-state index in [1.54, 1.807) is 18.2 Å². The molecule has 0 aliphatic heterocycles. The Hall–Kier alpha value is -1.03. The number of hydrogen-bond donors (Lipinski definition) is 1. The fraction of sp³-hybridized carbons (Fsp3) is 0.250. The summed E-state index contributed by atoms with van der Waals surface area (Å²) in [7, 11) is 0. The summed E-state index contributed by atoms with van der Waals surface area (Å²) in [5.74, 6) is 0.184. The van der Waals surface area contributed by atoms with Crippen molar-refractivity contribution in [2.24, 2.45) is 0 Å². The Balaban J connectivity index is 1.92. The fourth-order valence-corrected chi connectivity index (χ4v) is 3.06. The molecule has 0 bridgehead atoms. The largest absolute Gasteiger partial charge is 0.392 e. The van der Waals surface area contributed by atoms with E-state index < -0.39 is 6.10 Å². The van der Waals surface area contributed by atoms with Crippen molar-refractivity contribution >= 4 is 23.4 Å². The SMILES string of the molecule is Cc1ccc(CC(O)CSc2ccccc2F)c(Cl)c1. The minimum absolute atomic E-state index is 0.252. The molecule has 20 heavy (non-hydrogen) atoms. The summed E-state index contributed by atoms with van der Waals surface area (Å²) in [6.45, 7) is 1.97. The molecule has 4 heteroatoms. The number of aryl methyl sites for hydroxylation is 1. The van der Waals surface area contributed by atoms with Crippen LogP contribution in [-0.4, -0.2) is 17.0 Å². The number of aliphatic hydroxyl groups excluding tert-OH is 1. The van der Waals surface area contributed by atoms with Crippen molar-refractivity contribution in [2.75, 3.05) is 5.75 Å². The Kier molecular flexibility index (Phi) is 5.46. The highest BCUT2D eigenvalue weighted by molar-refractivity contribution is 7.99. The molecule has 0 aliphatic rings. The molecule has 1 atom stereocenters. The first-order valence-corrected chi connectivity index (χ1v) is 7.73. The van der Waals surface area contributed by atoms with Crippen LogP contribution in [0.3, 0.4) is 0 Å². The van der Waals surface area contributed by atoms with Gasteiger partial charge >= 0.3 is 0 Å². The Labute approximate surface area is 127 Å². The molecule has 0 radical (unpaired) electrons. The Morgan fingerprint density at radius 2 is 2.00 bits per heavy atom. The van der Waals surface area contributed by atoms with E-state index >= 15 is 0 Å². The fourth-order valence-electron chi connectivity index (χ4n) is 1.88. The quantitative estimate of drug-likeness (QED) is 0.822. The van der Waals surface area contributed by atoms with Gasteiger partial charge in [0.1, 0.15) is 5.82 Å². The molecule has 0 saturated heterocycles. The third kappa shape index (κ3) is 4.23. The van der Waals surface area contributed by atoms with Crippen LogP contribution in [0.4, 0.5) is 4.39 Å². The van der Waals surface area contributed by atoms with Crippen LogP contribution in [0.1, 0.15) is 11.1 Å². The zero-order valence-electron chi connectivity index (χ0n) is 11.1. The van der Waals surface area contributed by atoms with Crippen LogP contribution < -0.4 is 0 Å². The summed E-state index contributed by atoms with van der Waals surface area (Å²) in [5.41, 5.74) is 2.01. The van der Waals surface area contributed by atoms with Gasteiger partial charge in [0.2, 0.25) is 0 Å². The number of aliphatic hydroxyl groups is 1. The van der Waals surface area contributed by atoms with E-state index in [0.717, 1.165) is 11.1 Å². The van der Waals surface area contributed by atoms with Crippen molar-refractivity contribution in [3.05, 3.63) is 64.4 Å². The van der Waals surface area contributed by atoms with Gasteiger partial charge in [-0.2, -0.15) is 0 Å². The van der Waals surface area contributed by atoms with Crippen LogP contribution in [-0.2, 0) is 6.42 Å². The van der Waals surface area contributed by atoms with Crippen molar-refractivity contribution < 1.29 is 9.50 Å². The highest BCUT2D eigenvalue weighted by atomic mass is 35.5. The van der Waals surface area contributed by atoms with Gasteiger partial charge in [-0.1, -0.05) is 35.9 Å². The van der Waals surface area contributed by atoms with Crippen LogP contribution in [0.15, 0.2) is 47.4 Å². The van der Waals surface area contributed by atoms with Gasteiger partial charge in [-0.25, -0.2) is 4.39 Å². The van der Waals surface area contributed by atoms with Gasteiger partial charge < -0.3 is 5.11 Å². The normalized spacial score (nSPS) is 12.4. The molecule has 2 aromatic carbocycles. The van der Waals surface area contributed by atoms with Crippen LogP contribution in [0, 0.1) is 12.7 Å². The van der Waals surface area contributed by atoms with E-state index in [-0.39, 0.29) is 5.82 Å². The molecule has 1 nitrogen and oxygen atoms in total. The van der Waals surface area contributed by atoms with E-state index in [0.29, 0.717) is 22.1 Å². The number of hydrogen-bond acceptors (Lipinski definition) is 2.